The van der Waals surface area contributed by atoms with E-state index in [1.165, 1.54) is 6.07 Å². The minimum Gasteiger partial charge on any atom is -0.383 e. The highest BCUT2D eigenvalue weighted by atomic mass is 19.1. The third kappa shape index (κ3) is 3.03. The molecule has 0 aliphatic rings. The Morgan fingerprint density at radius 2 is 2.22 bits per heavy atom. The molecule has 0 saturated heterocycles. The van der Waals surface area contributed by atoms with E-state index in [2.05, 4.69) is 9.88 Å². The number of nitrogens with zero attached hydrogens (tertiary/aromatic N) is 2. The van der Waals surface area contributed by atoms with Crippen molar-refractivity contribution >= 4 is 10.9 Å². The summed E-state index contributed by atoms with van der Waals surface area (Å²) < 4.78 is 18.5. The van der Waals surface area contributed by atoms with Crippen LogP contribution in [0.2, 0.25) is 0 Å². The van der Waals surface area contributed by atoms with Crippen molar-refractivity contribution in [3.63, 3.8) is 0 Å². The topological polar surface area (TPSA) is 25.4 Å². The number of para-hydroxylation sites is 1. The van der Waals surface area contributed by atoms with Gasteiger partial charge in [0.1, 0.15) is 11.3 Å². The third-order valence-corrected chi connectivity index (χ3v) is 2.85. The monoisotopic (exact) mass is 248 g/mol. The number of fused-ring (bicyclic) bond motifs is 1. The summed E-state index contributed by atoms with van der Waals surface area (Å²) in [5.41, 5.74) is 1.51. The van der Waals surface area contributed by atoms with Crippen molar-refractivity contribution in [3.05, 3.63) is 41.8 Å². The predicted molar refractivity (Wildman–Crippen MR) is 69.9 cm³/mol. The molecular weight excluding hydrogens is 231 g/mol. The zero-order valence-electron chi connectivity index (χ0n) is 10.7. The van der Waals surface area contributed by atoms with Crippen LogP contribution in [0.15, 0.2) is 30.5 Å². The number of ether oxygens (including phenoxy) is 1. The summed E-state index contributed by atoms with van der Waals surface area (Å²) in [4.78, 5) is 6.33. The number of halogens is 1. The largest absolute Gasteiger partial charge is 0.383 e. The molecular formula is C14H17FN2O. The summed E-state index contributed by atoms with van der Waals surface area (Å²) in [6, 6.07) is 7.00. The number of rotatable bonds is 5. The molecule has 0 atom stereocenters. The van der Waals surface area contributed by atoms with Crippen LogP contribution in [0.5, 0.6) is 0 Å². The van der Waals surface area contributed by atoms with E-state index < -0.39 is 0 Å². The Labute approximate surface area is 106 Å². The Morgan fingerprint density at radius 3 is 3.00 bits per heavy atom. The van der Waals surface area contributed by atoms with Gasteiger partial charge in [0.2, 0.25) is 0 Å². The van der Waals surface area contributed by atoms with Gasteiger partial charge in [-0.2, -0.15) is 0 Å². The standard InChI is InChI=1S/C14H17FN2O/c1-17(6-7-18-2)10-11-8-12-4-3-5-13(15)14(12)16-9-11/h3-5,8-9H,6-7,10H2,1-2H3. The molecule has 0 aliphatic heterocycles. The van der Waals surface area contributed by atoms with Crippen LogP contribution >= 0.6 is 0 Å². The fraction of sp³-hybridized carbons (Fsp3) is 0.357. The smallest absolute Gasteiger partial charge is 0.149 e. The molecule has 0 unspecified atom stereocenters. The van der Waals surface area contributed by atoms with Crippen LogP contribution < -0.4 is 0 Å². The molecule has 2 aromatic rings. The second-order valence-electron chi connectivity index (χ2n) is 4.39. The van der Waals surface area contributed by atoms with Crippen molar-refractivity contribution in [2.75, 3.05) is 27.3 Å². The Balaban J connectivity index is 2.15. The van der Waals surface area contributed by atoms with Crippen molar-refractivity contribution in [1.82, 2.24) is 9.88 Å². The average Bonchev–Trinajstić information content (AvgIpc) is 2.36. The van der Waals surface area contributed by atoms with Gasteiger partial charge in [0, 0.05) is 31.8 Å². The lowest BCUT2D eigenvalue weighted by molar-refractivity contribution is 0.158. The van der Waals surface area contributed by atoms with Crippen LogP contribution in [0.25, 0.3) is 10.9 Å². The van der Waals surface area contributed by atoms with Crippen LogP contribution in [0.1, 0.15) is 5.56 Å². The first kappa shape index (κ1) is 12.9. The van der Waals surface area contributed by atoms with Gasteiger partial charge in [0.25, 0.3) is 0 Å². The van der Waals surface area contributed by atoms with E-state index in [1.807, 2.05) is 19.2 Å². The van der Waals surface area contributed by atoms with E-state index in [-0.39, 0.29) is 5.82 Å². The number of hydrogen-bond donors (Lipinski definition) is 0. The Hall–Kier alpha value is -1.52. The van der Waals surface area contributed by atoms with E-state index in [1.54, 1.807) is 19.4 Å². The zero-order valence-corrected chi connectivity index (χ0v) is 10.7. The van der Waals surface area contributed by atoms with E-state index >= 15 is 0 Å². The quantitative estimate of drug-likeness (QED) is 0.812. The lowest BCUT2D eigenvalue weighted by atomic mass is 10.1. The fourth-order valence-corrected chi connectivity index (χ4v) is 1.89. The molecule has 0 aliphatic carbocycles. The first-order chi connectivity index (χ1) is 8.70. The second kappa shape index (κ2) is 5.89. The molecule has 96 valence electrons. The van der Waals surface area contributed by atoms with Gasteiger partial charge in [-0.25, -0.2) is 4.39 Å². The number of benzene rings is 1. The van der Waals surface area contributed by atoms with Crippen LogP contribution in [0, 0.1) is 5.82 Å². The second-order valence-corrected chi connectivity index (χ2v) is 4.39. The van der Waals surface area contributed by atoms with E-state index in [9.17, 15) is 4.39 Å². The molecule has 0 amide bonds. The van der Waals surface area contributed by atoms with Gasteiger partial charge in [-0.05, 0) is 24.7 Å². The average molecular weight is 248 g/mol. The highest BCUT2D eigenvalue weighted by Gasteiger charge is 2.04. The van der Waals surface area contributed by atoms with Crippen molar-refractivity contribution in [2.45, 2.75) is 6.54 Å². The van der Waals surface area contributed by atoms with Crippen molar-refractivity contribution in [3.8, 4) is 0 Å². The molecule has 1 heterocycles. The minimum absolute atomic E-state index is 0.271. The molecule has 0 fully saturated rings. The highest BCUT2D eigenvalue weighted by Crippen LogP contribution is 2.17. The number of pyridine rings is 1. The third-order valence-electron chi connectivity index (χ3n) is 2.85. The molecule has 0 spiro atoms. The van der Waals surface area contributed by atoms with Crippen LogP contribution in [-0.4, -0.2) is 37.2 Å². The summed E-state index contributed by atoms with van der Waals surface area (Å²) in [5, 5.41) is 0.840. The van der Waals surface area contributed by atoms with Gasteiger partial charge in [-0.1, -0.05) is 12.1 Å². The summed E-state index contributed by atoms with van der Waals surface area (Å²) >= 11 is 0. The molecule has 2 rings (SSSR count). The molecule has 0 radical (unpaired) electrons. The first-order valence-electron chi connectivity index (χ1n) is 5.91. The maximum Gasteiger partial charge on any atom is 0.149 e. The van der Waals surface area contributed by atoms with Gasteiger partial charge in [0.15, 0.2) is 0 Å². The number of hydrogen-bond acceptors (Lipinski definition) is 3. The van der Waals surface area contributed by atoms with Crippen molar-refractivity contribution in [2.24, 2.45) is 0 Å². The maximum atomic E-state index is 13.5. The first-order valence-corrected chi connectivity index (χ1v) is 5.91. The maximum absolute atomic E-state index is 13.5. The molecule has 1 aromatic heterocycles. The summed E-state index contributed by atoms with van der Waals surface area (Å²) in [5.74, 6) is -0.271. The van der Waals surface area contributed by atoms with Gasteiger partial charge in [0.05, 0.1) is 6.61 Å². The van der Waals surface area contributed by atoms with Gasteiger partial charge >= 0.3 is 0 Å². The zero-order chi connectivity index (χ0) is 13.0. The van der Waals surface area contributed by atoms with Gasteiger partial charge < -0.3 is 4.74 Å². The molecule has 0 saturated carbocycles. The predicted octanol–water partition coefficient (Wildman–Crippen LogP) is 2.45. The van der Waals surface area contributed by atoms with Gasteiger partial charge in [-0.3, -0.25) is 9.88 Å². The molecule has 18 heavy (non-hydrogen) atoms. The lowest BCUT2D eigenvalue weighted by Gasteiger charge is -2.16. The van der Waals surface area contributed by atoms with Crippen LogP contribution in [-0.2, 0) is 11.3 Å². The lowest BCUT2D eigenvalue weighted by Crippen LogP contribution is -2.22. The molecule has 0 bridgehead atoms. The number of aromatic nitrogens is 1. The number of likely N-dealkylation sites (N-methyl/N-ethyl adjacent to an activating group) is 1. The molecule has 4 heteroatoms. The van der Waals surface area contributed by atoms with Crippen LogP contribution in [0.4, 0.5) is 4.39 Å². The fourth-order valence-electron chi connectivity index (χ4n) is 1.89. The Kier molecular flexibility index (Phi) is 4.23. The molecule has 0 N–H and O–H groups in total. The van der Waals surface area contributed by atoms with Crippen molar-refractivity contribution in [1.29, 1.82) is 0 Å². The van der Waals surface area contributed by atoms with Crippen LogP contribution in [0.3, 0.4) is 0 Å². The van der Waals surface area contributed by atoms with E-state index in [0.717, 1.165) is 24.0 Å². The molecule has 3 nitrogen and oxygen atoms in total. The number of methoxy groups -OCH3 is 1. The van der Waals surface area contributed by atoms with E-state index in [4.69, 9.17) is 4.74 Å². The normalized spacial score (nSPS) is 11.3. The Bertz CT molecular complexity index is 530. The summed E-state index contributed by atoms with van der Waals surface area (Å²) in [6.45, 7) is 2.34. The van der Waals surface area contributed by atoms with Crippen molar-refractivity contribution < 1.29 is 9.13 Å². The summed E-state index contributed by atoms with van der Waals surface area (Å²) in [6.07, 6.45) is 1.73. The van der Waals surface area contributed by atoms with E-state index in [0.29, 0.717) is 12.1 Å². The highest BCUT2D eigenvalue weighted by molar-refractivity contribution is 5.79. The molecule has 1 aromatic carbocycles. The Morgan fingerprint density at radius 1 is 1.39 bits per heavy atom. The summed E-state index contributed by atoms with van der Waals surface area (Å²) in [7, 11) is 3.71. The SMILES string of the molecule is COCCN(C)Cc1cnc2c(F)cccc2c1. The minimum atomic E-state index is -0.271. The van der Waals surface area contributed by atoms with Gasteiger partial charge in [-0.15, -0.1) is 0 Å².